The molecule has 2 rings (SSSR count). The summed E-state index contributed by atoms with van der Waals surface area (Å²) in [5, 5.41) is 6.80. The van der Waals surface area contributed by atoms with Crippen LogP contribution in [0.4, 0.5) is 4.79 Å². The quantitative estimate of drug-likeness (QED) is 0.393. The summed E-state index contributed by atoms with van der Waals surface area (Å²) in [6.07, 6.45) is 1.60. The molecule has 2 aliphatic heterocycles. The Labute approximate surface area is 155 Å². The van der Waals surface area contributed by atoms with E-state index in [1.54, 1.807) is 11.9 Å². The van der Waals surface area contributed by atoms with E-state index >= 15 is 0 Å². The van der Waals surface area contributed by atoms with Crippen molar-refractivity contribution in [1.82, 2.24) is 15.5 Å². The van der Waals surface area contributed by atoms with E-state index in [-0.39, 0.29) is 35.5 Å². The Morgan fingerprint density at radius 1 is 1.39 bits per heavy atom. The van der Waals surface area contributed by atoms with Crippen LogP contribution in [0.3, 0.4) is 0 Å². The number of halogens is 1. The Bertz CT molecular complexity index is 408. The summed E-state index contributed by atoms with van der Waals surface area (Å²) in [4.78, 5) is 17.7. The second-order valence-electron chi connectivity index (χ2n) is 6.33. The molecule has 8 heteroatoms. The first kappa shape index (κ1) is 20.3. The minimum Gasteiger partial charge on any atom is -0.450 e. The van der Waals surface area contributed by atoms with Crippen LogP contribution in [0, 0.1) is 5.41 Å². The highest BCUT2D eigenvalue weighted by molar-refractivity contribution is 14.0. The van der Waals surface area contributed by atoms with Crippen molar-refractivity contribution < 1.29 is 14.3 Å². The highest BCUT2D eigenvalue weighted by atomic mass is 127. The number of guanidine groups is 1. The molecule has 23 heavy (non-hydrogen) atoms. The lowest BCUT2D eigenvalue weighted by Crippen LogP contribution is -2.54. The zero-order chi connectivity index (χ0) is 16.0. The summed E-state index contributed by atoms with van der Waals surface area (Å²) in [5.74, 6) is 0.822. The first-order valence-corrected chi connectivity index (χ1v) is 8.03. The SMILES string of the molecule is CCOC(=O)N1CCC(NC(=NC)NCC2(C)COC2)CC1.I. The Kier molecular flexibility index (Phi) is 8.38. The lowest BCUT2D eigenvalue weighted by atomic mass is 9.89. The van der Waals surface area contributed by atoms with E-state index in [0.717, 1.165) is 51.6 Å². The third-order valence-electron chi connectivity index (χ3n) is 4.17. The van der Waals surface area contributed by atoms with Gasteiger partial charge in [0.2, 0.25) is 0 Å². The molecular formula is C15H29IN4O3. The van der Waals surface area contributed by atoms with Gasteiger partial charge in [0, 0.05) is 38.1 Å². The van der Waals surface area contributed by atoms with Gasteiger partial charge in [0.05, 0.1) is 19.8 Å². The largest absolute Gasteiger partial charge is 0.450 e. The van der Waals surface area contributed by atoms with Crippen LogP contribution in [-0.2, 0) is 9.47 Å². The van der Waals surface area contributed by atoms with E-state index in [1.807, 2.05) is 6.92 Å². The molecule has 134 valence electrons. The molecule has 2 saturated heterocycles. The van der Waals surface area contributed by atoms with Crippen LogP contribution < -0.4 is 10.6 Å². The molecule has 0 saturated carbocycles. The van der Waals surface area contributed by atoms with Crippen LogP contribution in [0.1, 0.15) is 26.7 Å². The number of carbonyl (C=O) groups is 1. The number of amides is 1. The molecule has 0 spiro atoms. The van der Waals surface area contributed by atoms with E-state index in [9.17, 15) is 4.79 Å². The van der Waals surface area contributed by atoms with Crippen molar-refractivity contribution in [3.05, 3.63) is 0 Å². The molecular weight excluding hydrogens is 411 g/mol. The van der Waals surface area contributed by atoms with E-state index in [1.165, 1.54) is 0 Å². The van der Waals surface area contributed by atoms with Crippen LogP contribution >= 0.6 is 24.0 Å². The zero-order valence-electron chi connectivity index (χ0n) is 14.3. The monoisotopic (exact) mass is 440 g/mol. The number of hydrogen-bond donors (Lipinski definition) is 2. The summed E-state index contributed by atoms with van der Waals surface area (Å²) in [7, 11) is 1.78. The summed E-state index contributed by atoms with van der Waals surface area (Å²) in [5.41, 5.74) is 0.213. The number of ether oxygens (including phenoxy) is 2. The Morgan fingerprint density at radius 2 is 2.04 bits per heavy atom. The van der Waals surface area contributed by atoms with Gasteiger partial charge in [0.15, 0.2) is 5.96 Å². The lowest BCUT2D eigenvalue weighted by molar-refractivity contribution is -0.0971. The topological polar surface area (TPSA) is 75.2 Å². The molecule has 7 nitrogen and oxygen atoms in total. The second kappa shape index (κ2) is 9.51. The summed E-state index contributed by atoms with van der Waals surface area (Å²) in [6.45, 7) is 8.36. The zero-order valence-corrected chi connectivity index (χ0v) is 16.6. The summed E-state index contributed by atoms with van der Waals surface area (Å²) in [6, 6.07) is 0.335. The first-order chi connectivity index (χ1) is 10.6. The van der Waals surface area contributed by atoms with Gasteiger partial charge in [0.25, 0.3) is 0 Å². The highest BCUT2D eigenvalue weighted by Gasteiger charge is 2.33. The third kappa shape index (κ3) is 5.98. The predicted molar refractivity (Wildman–Crippen MR) is 100 cm³/mol. The predicted octanol–water partition coefficient (Wildman–Crippen LogP) is 1.43. The van der Waals surface area contributed by atoms with Crippen molar-refractivity contribution in [3.63, 3.8) is 0 Å². The van der Waals surface area contributed by atoms with Crippen molar-refractivity contribution in [1.29, 1.82) is 0 Å². The molecule has 0 unspecified atom stereocenters. The van der Waals surface area contributed by atoms with Gasteiger partial charge in [-0.15, -0.1) is 24.0 Å². The number of hydrogen-bond acceptors (Lipinski definition) is 4. The molecule has 2 heterocycles. The average Bonchev–Trinajstić information content (AvgIpc) is 2.50. The van der Waals surface area contributed by atoms with E-state index in [0.29, 0.717) is 12.6 Å². The van der Waals surface area contributed by atoms with Crippen molar-refractivity contribution >= 4 is 36.0 Å². The maximum Gasteiger partial charge on any atom is 0.409 e. The number of rotatable bonds is 4. The van der Waals surface area contributed by atoms with Gasteiger partial charge in [-0.3, -0.25) is 4.99 Å². The van der Waals surface area contributed by atoms with Gasteiger partial charge >= 0.3 is 6.09 Å². The average molecular weight is 440 g/mol. The number of carbonyl (C=O) groups excluding carboxylic acids is 1. The lowest BCUT2D eigenvalue weighted by Gasteiger charge is -2.39. The molecule has 2 N–H and O–H groups in total. The van der Waals surface area contributed by atoms with Crippen molar-refractivity contribution in [2.75, 3.05) is 46.5 Å². The van der Waals surface area contributed by atoms with Crippen LogP contribution in [0.5, 0.6) is 0 Å². The number of nitrogens with one attached hydrogen (secondary N) is 2. The van der Waals surface area contributed by atoms with Gasteiger partial charge in [-0.1, -0.05) is 6.92 Å². The van der Waals surface area contributed by atoms with Gasteiger partial charge in [0.1, 0.15) is 0 Å². The van der Waals surface area contributed by atoms with E-state index < -0.39 is 0 Å². The fourth-order valence-electron chi connectivity index (χ4n) is 2.66. The normalized spacial score (nSPS) is 21.0. The molecule has 1 amide bonds. The Balaban J connectivity index is 0.00000264. The third-order valence-corrected chi connectivity index (χ3v) is 4.17. The summed E-state index contributed by atoms with van der Waals surface area (Å²) >= 11 is 0. The molecule has 0 atom stereocenters. The van der Waals surface area contributed by atoms with E-state index in [4.69, 9.17) is 9.47 Å². The molecule has 0 radical (unpaired) electrons. The minimum atomic E-state index is -0.207. The minimum absolute atomic E-state index is 0. The molecule has 0 bridgehead atoms. The highest BCUT2D eigenvalue weighted by Crippen LogP contribution is 2.25. The number of piperidine rings is 1. The maximum absolute atomic E-state index is 11.7. The van der Waals surface area contributed by atoms with Crippen LogP contribution in [0.2, 0.25) is 0 Å². The smallest absolute Gasteiger partial charge is 0.409 e. The fourth-order valence-corrected chi connectivity index (χ4v) is 2.66. The van der Waals surface area contributed by atoms with Gasteiger partial charge in [-0.2, -0.15) is 0 Å². The Morgan fingerprint density at radius 3 is 2.52 bits per heavy atom. The van der Waals surface area contributed by atoms with Gasteiger partial charge < -0.3 is 25.0 Å². The first-order valence-electron chi connectivity index (χ1n) is 8.03. The van der Waals surface area contributed by atoms with Crippen LogP contribution in [-0.4, -0.2) is 69.5 Å². The number of aliphatic imine (C=N–C) groups is 1. The van der Waals surface area contributed by atoms with Crippen molar-refractivity contribution in [2.24, 2.45) is 10.4 Å². The molecule has 0 aromatic heterocycles. The second-order valence-corrected chi connectivity index (χ2v) is 6.33. The molecule has 2 aliphatic rings. The number of nitrogens with zero attached hydrogens (tertiary/aromatic N) is 2. The molecule has 2 fully saturated rings. The van der Waals surface area contributed by atoms with Gasteiger partial charge in [-0.05, 0) is 19.8 Å². The fraction of sp³-hybridized carbons (Fsp3) is 0.867. The van der Waals surface area contributed by atoms with Crippen molar-refractivity contribution in [2.45, 2.75) is 32.7 Å². The summed E-state index contributed by atoms with van der Waals surface area (Å²) < 4.78 is 10.3. The van der Waals surface area contributed by atoms with Crippen molar-refractivity contribution in [3.8, 4) is 0 Å². The standard InChI is InChI=1S/C15H28N4O3.HI/c1-4-22-14(20)19-7-5-12(6-8-19)18-13(16-3)17-9-15(2)10-21-11-15;/h12H,4-11H2,1-3H3,(H2,16,17,18);1H. The number of likely N-dealkylation sites (tertiary alicyclic amines) is 1. The molecule has 0 aromatic rings. The maximum atomic E-state index is 11.7. The van der Waals surface area contributed by atoms with Gasteiger partial charge in [-0.25, -0.2) is 4.79 Å². The molecule has 0 aromatic carbocycles. The van der Waals surface area contributed by atoms with Crippen LogP contribution in [0.15, 0.2) is 4.99 Å². The molecule has 0 aliphatic carbocycles. The Hall–Kier alpha value is -0.770. The van der Waals surface area contributed by atoms with Crippen LogP contribution in [0.25, 0.3) is 0 Å². The van der Waals surface area contributed by atoms with E-state index in [2.05, 4.69) is 22.5 Å².